The van der Waals surface area contributed by atoms with Crippen molar-refractivity contribution in [3.05, 3.63) is 0 Å². The molecule has 4 aliphatic rings. The Hall–Kier alpha value is -0.570. The van der Waals surface area contributed by atoms with Gasteiger partial charge in [-0.05, 0) is 92.3 Å². The van der Waals surface area contributed by atoms with Crippen molar-refractivity contribution < 1.29 is 14.3 Å². The lowest BCUT2D eigenvalue weighted by molar-refractivity contribution is -0.147. The summed E-state index contributed by atoms with van der Waals surface area (Å²) in [6.07, 6.45) is 14.4. The summed E-state index contributed by atoms with van der Waals surface area (Å²) in [4.78, 5) is 10.9. The van der Waals surface area contributed by atoms with Gasteiger partial charge in [0.2, 0.25) is 0 Å². The number of fused-ring (bicyclic) bond motifs is 5. The van der Waals surface area contributed by atoms with Crippen LogP contribution < -0.4 is 0 Å². The molecule has 0 bridgehead atoms. The first kappa shape index (κ1) is 18.8. The second-order valence-corrected chi connectivity index (χ2v) is 10.3. The van der Waals surface area contributed by atoms with Crippen LogP contribution in [-0.4, -0.2) is 25.3 Å². The van der Waals surface area contributed by atoms with E-state index in [0.717, 1.165) is 23.7 Å². The molecular formula is C23H38O3. The minimum absolute atomic E-state index is 0.209. The van der Waals surface area contributed by atoms with Gasteiger partial charge in [0.25, 0.3) is 0 Å². The molecule has 4 rings (SSSR count). The highest BCUT2D eigenvalue weighted by Gasteiger charge is 2.57. The summed E-state index contributed by atoms with van der Waals surface area (Å²) in [6, 6.07) is 0. The normalized spacial score (nSPS) is 47.6. The van der Waals surface area contributed by atoms with Gasteiger partial charge in [0, 0.05) is 6.92 Å². The van der Waals surface area contributed by atoms with Gasteiger partial charge in [-0.2, -0.15) is 0 Å². The first-order chi connectivity index (χ1) is 12.4. The van der Waals surface area contributed by atoms with Gasteiger partial charge in [-0.3, -0.25) is 4.79 Å². The fourth-order valence-electron chi connectivity index (χ4n) is 7.76. The van der Waals surface area contributed by atoms with Crippen LogP contribution in [0.15, 0.2) is 0 Å². The zero-order valence-corrected chi connectivity index (χ0v) is 17.1. The summed E-state index contributed by atoms with van der Waals surface area (Å²) < 4.78 is 11.1. The molecule has 0 spiro atoms. The van der Waals surface area contributed by atoms with Crippen molar-refractivity contribution >= 4 is 5.97 Å². The van der Waals surface area contributed by atoms with E-state index in [0.29, 0.717) is 30.1 Å². The minimum Gasteiger partial charge on any atom is -0.463 e. The fourth-order valence-corrected chi connectivity index (χ4v) is 7.76. The van der Waals surface area contributed by atoms with Gasteiger partial charge in [-0.1, -0.05) is 20.3 Å². The molecule has 0 radical (unpaired) electrons. The van der Waals surface area contributed by atoms with E-state index in [1.165, 1.54) is 71.1 Å². The largest absolute Gasteiger partial charge is 0.463 e. The molecule has 4 fully saturated rings. The lowest BCUT2D eigenvalue weighted by Gasteiger charge is -2.60. The molecule has 0 aromatic carbocycles. The van der Waals surface area contributed by atoms with E-state index in [2.05, 4.69) is 13.8 Å². The zero-order valence-electron chi connectivity index (χ0n) is 17.1. The molecule has 0 amide bonds. The van der Waals surface area contributed by atoms with Crippen molar-refractivity contribution in [2.45, 2.75) is 91.1 Å². The monoisotopic (exact) mass is 362 g/mol. The van der Waals surface area contributed by atoms with Crippen LogP contribution in [0.4, 0.5) is 0 Å². The second-order valence-electron chi connectivity index (χ2n) is 10.3. The quantitative estimate of drug-likeness (QED) is 0.498. The van der Waals surface area contributed by atoms with Crippen LogP contribution in [0.3, 0.4) is 0 Å². The van der Waals surface area contributed by atoms with Gasteiger partial charge < -0.3 is 9.47 Å². The Morgan fingerprint density at radius 1 is 0.962 bits per heavy atom. The van der Waals surface area contributed by atoms with Gasteiger partial charge in [-0.15, -0.1) is 0 Å². The van der Waals surface area contributed by atoms with Crippen molar-refractivity contribution in [2.75, 3.05) is 13.2 Å². The molecule has 6 unspecified atom stereocenters. The number of ether oxygens (including phenoxy) is 2. The highest BCUT2D eigenvalue weighted by Crippen LogP contribution is 2.66. The van der Waals surface area contributed by atoms with Crippen molar-refractivity contribution in [3.63, 3.8) is 0 Å². The van der Waals surface area contributed by atoms with Gasteiger partial charge in [0.15, 0.2) is 0 Å². The highest BCUT2D eigenvalue weighted by molar-refractivity contribution is 5.65. The Bertz CT molecular complexity index is 532. The Morgan fingerprint density at radius 3 is 2.62 bits per heavy atom. The van der Waals surface area contributed by atoms with Crippen LogP contribution in [0.1, 0.15) is 85.0 Å². The average molecular weight is 363 g/mol. The Morgan fingerprint density at radius 2 is 1.81 bits per heavy atom. The number of carbonyl (C=O) groups excluding carboxylic acids is 1. The number of rotatable bonds is 4. The Kier molecular flexibility index (Phi) is 5.14. The summed E-state index contributed by atoms with van der Waals surface area (Å²) >= 11 is 0. The lowest BCUT2D eigenvalue weighted by Crippen LogP contribution is -2.53. The van der Waals surface area contributed by atoms with Crippen LogP contribution in [-0.2, 0) is 14.3 Å². The number of esters is 1. The molecule has 0 aliphatic heterocycles. The third kappa shape index (κ3) is 3.23. The van der Waals surface area contributed by atoms with E-state index >= 15 is 0 Å². The number of hydrogen-bond acceptors (Lipinski definition) is 3. The summed E-state index contributed by atoms with van der Waals surface area (Å²) in [5.74, 6) is 3.59. The number of carbonyl (C=O) groups is 1. The summed E-state index contributed by atoms with van der Waals surface area (Å²) in [5, 5.41) is 0. The summed E-state index contributed by atoms with van der Waals surface area (Å²) in [7, 11) is 0. The van der Waals surface area contributed by atoms with Crippen LogP contribution >= 0.6 is 0 Å². The molecule has 148 valence electrons. The maximum atomic E-state index is 10.9. The topological polar surface area (TPSA) is 35.5 Å². The molecule has 3 heteroatoms. The van der Waals surface area contributed by atoms with Gasteiger partial charge in [0.05, 0.1) is 12.7 Å². The van der Waals surface area contributed by atoms with E-state index < -0.39 is 0 Å². The zero-order chi connectivity index (χ0) is 18.4. The molecule has 0 aromatic rings. The minimum atomic E-state index is -0.209. The highest BCUT2D eigenvalue weighted by atomic mass is 16.6. The van der Waals surface area contributed by atoms with Gasteiger partial charge in [0.1, 0.15) is 6.61 Å². The number of hydrogen-bond donors (Lipinski definition) is 0. The standard InChI is InChI=1S/C23H38O3/c1-16(24)25-13-14-26-18-8-12-23(3)17(15-18)6-7-19-20-5-4-10-22(20,2)11-9-21(19)23/h17-21H,4-15H2,1-3H3/t17-,18?,19?,20?,21?,22?,23?/m0/s1. The third-order valence-corrected chi connectivity index (χ3v) is 9.14. The third-order valence-electron chi connectivity index (χ3n) is 9.14. The smallest absolute Gasteiger partial charge is 0.302 e. The molecule has 4 aliphatic carbocycles. The maximum Gasteiger partial charge on any atom is 0.302 e. The molecule has 7 atom stereocenters. The lowest BCUT2D eigenvalue weighted by atomic mass is 9.45. The molecule has 0 heterocycles. The van der Waals surface area contributed by atoms with Gasteiger partial charge >= 0.3 is 5.97 Å². The van der Waals surface area contributed by atoms with Crippen molar-refractivity contribution in [2.24, 2.45) is 34.5 Å². The van der Waals surface area contributed by atoms with Crippen LogP contribution in [0.5, 0.6) is 0 Å². The molecule has 4 saturated carbocycles. The van der Waals surface area contributed by atoms with Gasteiger partial charge in [-0.25, -0.2) is 0 Å². The SMILES string of the molecule is CC(=O)OCCOC1CCC2(C)C3CCC4(C)CCCC4C3CC[C@H]2C1. The molecule has 0 aromatic heterocycles. The van der Waals surface area contributed by atoms with E-state index in [4.69, 9.17) is 9.47 Å². The van der Waals surface area contributed by atoms with Crippen LogP contribution in [0.2, 0.25) is 0 Å². The molecule has 0 N–H and O–H groups in total. The summed E-state index contributed by atoms with van der Waals surface area (Å²) in [5.41, 5.74) is 1.21. The Labute approximate surface area is 159 Å². The Balaban J connectivity index is 1.37. The van der Waals surface area contributed by atoms with Crippen molar-refractivity contribution in [1.82, 2.24) is 0 Å². The first-order valence-corrected chi connectivity index (χ1v) is 11.2. The fraction of sp³-hybridized carbons (Fsp3) is 0.957. The van der Waals surface area contributed by atoms with Crippen LogP contribution in [0, 0.1) is 34.5 Å². The maximum absolute atomic E-state index is 10.9. The van der Waals surface area contributed by atoms with E-state index in [-0.39, 0.29) is 5.97 Å². The molecule has 26 heavy (non-hydrogen) atoms. The second kappa shape index (κ2) is 7.11. The molecule has 3 nitrogen and oxygen atoms in total. The van der Waals surface area contributed by atoms with E-state index in [1.54, 1.807) is 0 Å². The average Bonchev–Trinajstić information content (AvgIpc) is 3.00. The van der Waals surface area contributed by atoms with E-state index in [1.807, 2.05) is 0 Å². The van der Waals surface area contributed by atoms with Crippen molar-refractivity contribution in [3.8, 4) is 0 Å². The van der Waals surface area contributed by atoms with Crippen molar-refractivity contribution in [1.29, 1.82) is 0 Å². The predicted octanol–water partition coefficient (Wildman–Crippen LogP) is 5.37. The predicted molar refractivity (Wildman–Crippen MR) is 103 cm³/mol. The van der Waals surface area contributed by atoms with Crippen LogP contribution in [0.25, 0.3) is 0 Å². The molecule has 0 saturated heterocycles. The first-order valence-electron chi connectivity index (χ1n) is 11.2. The summed E-state index contributed by atoms with van der Waals surface area (Å²) in [6.45, 7) is 7.65. The molecular weight excluding hydrogens is 324 g/mol. The van der Waals surface area contributed by atoms with E-state index in [9.17, 15) is 4.79 Å².